The zero-order chi connectivity index (χ0) is 6.24. The summed E-state index contributed by atoms with van der Waals surface area (Å²) in [7, 11) is 0.654. The van der Waals surface area contributed by atoms with Crippen molar-refractivity contribution in [3.63, 3.8) is 0 Å². The highest BCUT2D eigenvalue weighted by Gasteiger charge is 1.83. The van der Waals surface area contributed by atoms with Crippen LogP contribution in [0.25, 0.3) is 0 Å². The highest BCUT2D eigenvalue weighted by Crippen LogP contribution is 1.85. The predicted octanol–water partition coefficient (Wildman–Crippen LogP) is -1.05. The Morgan fingerprint density at radius 3 is 2.62 bits per heavy atom. The normalized spacial score (nSPS) is 10.1. The van der Waals surface area contributed by atoms with Gasteiger partial charge in [0, 0.05) is 0 Å². The summed E-state index contributed by atoms with van der Waals surface area (Å²) in [5, 5.41) is 0. The molecule has 0 heterocycles. The lowest BCUT2D eigenvalue weighted by molar-refractivity contribution is -0.204. The third-order valence-electron chi connectivity index (χ3n) is 0.800. The highest BCUT2D eigenvalue weighted by molar-refractivity contribution is 5.97. The van der Waals surface area contributed by atoms with Crippen LogP contribution in [0.2, 0.25) is 0 Å². The van der Waals surface area contributed by atoms with Crippen LogP contribution in [0.3, 0.4) is 0 Å². The maximum atomic E-state index is 5.22. The van der Waals surface area contributed by atoms with E-state index >= 15 is 0 Å². The van der Waals surface area contributed by atoms with Crippen molar-refractivity contribution < 1.29 is 9.46 Å². The molecule has 0 bridgehead atoms. The molecular weight excluding hydrogens is 122 g/mol. The molecule has 0 saturated carbocycles. The first-order valence-electron chi connectivity index (χ1n) is 2.77. The van der Waals surface area contributed by atoms with Crippen molar-refractivity contribution >= 4 is 10.5 Å². The second-order valence-electron chi connectivity index (χ2n) is 1.48. The molecule has 8 heavy (non-hydrogen) atoms. The fourth-order valence-electron chi connectivity index (χ4n) is 0.389. The monoisotopic (exact) mass is 135 g/mol. The van der Waals surface area contributed by atoms with Gasteiger partial charge in [-0.1, -0.05) is 0 Å². The molecule has 3 nitrogen and oxygen atoms in total. The summed E-state index contributed by atoms with van der Waals surface area (Å²) in [6, 6.07) is 0. The molecule has 50 valence electrons. The second-order valence-corrected chi connectivity index (χ2v) is 1.82. The van der Waals surface area contributed by atoms with E-state index in [-0.39, 0.29) is 0 Å². The van der Waals surface area contributed by atoms with Gasteiger partial charge in [0.1, 0.15) is 0 Å². The predicted molar refractivity (Wildman–Crippen MR) is 35.3 cm³/mol. The number of hydrogen-bond acceptors (Lipinski definition) is 3. The number of rotatable bonds is 5. The fraction of sp³-hybridized carbons (Fsp3) is 1.00. The maximum Gasteiger partial charge on any atom is 0.193 e. The van der Waals surface area contributed by atoms with Crippen molar-refractivity contribution in [3.05, 3.63) is 0 Å². The van der Waals surface area contributed by atoms with Crippen molar-refractivity contribution in [2.45, 2.75) is 12.8 Å². The van der Waals surface area contributed by atoms with Gasteiger partial charge in [-0.2, -0.15) is 0 Å². The average Bonchev–Trinajstić information content (AvgIpc) is 1.81. The smallest absolute Gasteiger partial charge is 0.193 e. The highest BCUT2D eigenvalue weighted by atomic mass is 28.2. The fourth-order valence-corrected chi connectivity index (χ4v) is 0.555. The minimum absolute atomic E-state index is 0.654. The van der Waals surface area contributed by atoms with Crippen molar-refractivity contribution in [2.75, 3.05) is 13.2 Å². The Bertz CT molecular complexity index is 39.0. The maximum absolute atomic E-state index is 5.22. The molecule has 0 aromatic rings. The van der Waals surface area contributed by atoms with Crippen LogP contribution in [0.1, 0.15) is 12.8 Å². The lowest BCUT2D eigenvalue weighted by Crippen LogP contribution is -2.01. The van der Waals surface area contributed by atoms with Gasteiger partial charge in [-0.05, 0) is 19.4 Å². The first-order valence-corrected chi connectivity index (χ1v) is 3.59. The molecule has 0 aromatic carbocycles. The van der Waals surface area contributed by atoms with E-state index in [0.717, 1.165) is 19.4 Å². The summed E-state index contributed by atoms with van der Waals surface area (Å²) in [5.74, 6) is 0. The van der Waals surface area contributed by atoms with E-state index in [1.54, 1.807) is 0 Å². The third kappa shape index (κ3) is 6.10. The second kappa shape index (κ2) is 7.10. The Morgan fingerprint density at radius 2 is 2.12 bits per heavy atom. The van der Waals surface area contributed by atoms with Gasteiger partial charge in [0.2, 0.25) is 0 Å². The van der Waals surface area contributed by atoms with Crippen LogP contribution in [0.4, 0.5) is 0 Å². The first-order chi connectivity index (χ1) is 3.91. The molecule has 0 aromatic heterocycles. The van der Waals surface area contributed by atoms with E-state index in [4.69, 9.17) is 5.73 Å². The van der Waals surface area contributed by atoms with E-state index in [9.17, 15) is 0 Å². The zero-order valence-corrected chi connectivity index (χ0v) is 7.22. The zero-order valence-electron chi connectivity index (χ0n) is 5.22. The quantitative estimate of drug-likeness (QED) is 0.226. The average molecular weight is 135 g/mol. The molecular formula is C4H13NO2Si. The minimum Gasteiger partial charge on any atom is -0.330 e. The molecule has 0 aliphatic rings. The van der Waals surface area contributed by atoms with E-state index < -0.39 is 0 Å². The lowest BCUT2D eigenvalue weighted by atomic mass is 10.3. The van der Waals surface area contributed by atoms with Crippen LogP contribution in [0, 0.1) is 0 Å². The molecule has 0 aliphatic heterocycles. The Balaban J connectivity index is 2.53. The number of unbranched alkanes of at least 4 members (excludes halogenated alkanes) is 1. The van der Waals surface area contributed by atoms with Gasteiger partial charge >= 0.3 is 0 Å². The Hall–Kier alpha value is 0.0969. The van der Waals surface area contributed by atoms with Crippen LogP contribution in [-0.4, -0.2) is 23.6 Å². The summed E-state index contributed by atoms with van der Waals surface area (Å²) in [4.78, 5) is 4.64. The molecule has 0 rings (SSSR count). The van der Waals surface area contributed by atoms with Crippen molar-refractivity contribution in [2.24, 2.45) is 5.73 Å². The topological polar surface area (TPSA) is 44.5 Å². The molecule has 2 N–H and O–H groups in total. The van der Waals surface area contributed by atoms with E-state index in [1.807, 2.05) is 0 Å². The largest absolute Gasteiger partial charge is 0.330 e. The lowest BCUT2D eigenvalue weighted by Gasteiger charge is -1.96. The Labute approximate surface area is 52.6 Å². The van der Waals surface area contributed by atoms with Crippen molar-refractivity contribution in [1.29, 1.82) is 0 Å². The summed E-state index contributed by atoms with van der Waals surface area (Å²) < 4.78 is 4.49. The van der Waals surface area contributed by atoms with Gasteiger partial charge < -0.3 is 5.73 Å². The van der Waals surface area contributed by atoms with Gasteiger partial charge in [0.05, 0.1) is 6.61 Å². The number of hydrogen-bond donors (Lipinski definition) is 1. The van der Waals surface area contributed by atoms with Gasteiger partial charge in [-0.25, -0.2) is 4.89 Å². The van der Waals surface area contributed by atoms with Gasteiger partial charge in [-0.15, -0.1) is 0 Å². The molecule has 0 amide bonds. The van der Waals surface area contributed by atoms with Crippen LogP contribution in [0.5, 0.6) is 0 Å². The molecule has 0 unspecified atom stereocenters. The molecule has 0 spiro atoms. The minimum atomic E-state index is 0.654. The van der Waals surface area contributed by atoms with Crippen LogP contribution >= 0.6 is 0 Å². The SMILES string of the molecule is NCCCCOO[SiH3]. The van der Waals surface area contributed by atoms with Crippen LogP contribution in [-0.2, 0) is 9.46 Å². The Morgan fingerprint density at radius 1 is 1.38 bits per heavy atom. The standard InChI is InChI=1S/C4H13NO2Si/c5-3-1-2-4-6-7-8/h1-5H2,8H3. The summed E-state index contributed by atoms with van der Waals surface area (Å²) in [6.07, 6.45) is 2.02. The van der Waals surface area contributed by atoms with Gasteiger partial charge in [0.25, 0.3) is 0 Å². The number of nitrogens with two attached hydrogens (primary N) is 1. The van der Waals surface area contributed by atoms with Crippen molar-refractivity contribution in [3.8, 4) is 0 Å². The molecule has 0 radical (unpaired) electrons. The van der Waals surface area contributed by atoms with Crippen LogP contribution in [0.15, 0.2) is 0 Å². The summed E-state index contributed by atoms with van der Waals surface area (Å²) in [6.45, 7) is 1.42. The molecule has 0 aliphatic carbocycles. The van der Waals surface area contributed by atoms with E-state index in [0.29, 0.717) is 17.1 Å². The van der Waals surface area contributed by atoms with Crippen LogP contribution < -0.4 is 5.73 Å². The van der Waals surface area contributed by atoms with Crippen molar-refractivity contribution in [1.82, 2.24) is 0 Å². The van der Waals surface area contributed by atoms with Gasteiger partial charge in [0.15, 0.2) is 10.5 Å². The molecule has 0 fully saturated rings. The third-order valence-corrected chi connectivity index (χ3v) is 1.04. The first kappa shape index (κ1) is 8.10. The van der Waals surface area contributed by atoms with E-state index in [2.05, 4.69) is 9.46 Å². The van der Waals surface area contributed by atoms with E-state index in [1.165, 1.54) is 0 Å². The molecule has 0 atom stereocenters. The van der Waals surface area contributed by atoms with Gasteiger partial charge in [-0.3, -0.25) is 4.58 Å². The molecule has 0 saturated heterocycles. The summed E-state index contributed by atoms with van der Waals surface area (Å²) >= 11 is 0. The Kier molecular flexibility index (Phi) is 7.18. The molecule has 4 heteroatoms. The summed E-state index contributed by atoms with van der Waals surface area (Å²) in [5.41, 5.74) is 5.22.